The van der Waals surface area contributed by atoms with Crippen LogP contribution in [-0.2, 0) is 0 Å². The number of nitrogens with zero attached hydrogens (tertiary/aromatic N) is 4. The van der Waals surface area contributed by atoms with E-state index in [0.717, 1.165) is 4.47 Å². The number of carbonyl (C=O) groups excluding carboxylic acids is 1. The highest BCUT2D eigenvalue weighted by atomic mass is 79.9. The fourth-order valence-corrected chi connectivity index (χ4v) is 5.34. The first-order valence-corrected chi connectivity index (χ1v) is 11.8. The molecule has 1 N–H and O–H groups in total. The number of halogens is 2. The van der Waals surface area contributed by atoms with E-state index in [1.807, 2.05) is 12.1 Å². The highest BCUT2D eigenvalue weighted by Gasteiger charge is 2.64. The molecule has 0 unspecified atom stereocenters. The molecule has 1 saturated carbocycles. The van der Waals surface area contributed by atoms with Crippen molar-refractivity contribution in [2.45, 2.75) is 39.8 Å². The van der Waals surface area contributed by atoms with Crippen molar-refractivity contribution in [1.29, 1.82) is 5.26 Å². The van der Waals surface area contributed by atoms with Crippen LogP contribution in [0.2, 0.25) is 5.02 Å². The molecule has 9 heteroatoms. The van der Waals surface area contributed by atoms with E-state index in [0.29, 0.717) is 33.4 Å². The monoisotopic (exact) mass is 539 g/mol. The summed E-state index contributed by atoms with van der Waals surface area (Å²) in [5, 5.41) is 12.6. The molecule has 3 aromatic rings. The molecule has 0 aliphatic heterocycles. The van der Waals surface area contributed by atoms with Crippen molar-refractivity contribution in [3.63, 3.8) is 0 Å². The molecule has 0 radical (unpaired) electrons. The maximum atomic E-state index is 13.0. The van der Waals surface area contributed by atoms with Gasteiger partial charge in [-0.05, 0) is 40.2 Å². The lowest BCUT2D eigenvalue weighted by Crippen LogP contribution is -2.74. The summed E-state index contributed by atoms with van der Waals surface area (Å²) in [7, 11) is 0. The molecule has 1 aliphatic carbocycles. The van der Waals surface area contributed by atoms with Gasteiger partial charge in [0.05, 0.1) is 16.1 Å². The average molecular weight is 541 g/mol. The normalized spacial score (nSPS) is 20.0. The third kappa shape index (κ3) is 4.38. The van der Waals surface area contributed by atoms with Crippen molar-refractivity contribution in [2.24, 2.45) is 10.8 Å². The summed E-state index contributed by atoms with van der Waals surface area (Å²) in [4.78, 5) is 25.9. The number of hydrogen-bond acceptors (Lipinski definition) is 6. The van der Waals surface area contributed by atoms with E-state index in [1.54, 1.807) is 30.5 Å². The molecular formula is C25H23BrClN5O2. The van der Waals surface area contributed by atoms with Crippen LogP contribution in [0, 0.1) is 22.2 Å². The Morgan fingerprint density at radius 3 is 2.32 bits per heavy atom. The third-order valence-corrected chi connectivity index (χ3v) is 7.08. The zero-order valence-electron chi connectivity index (χ0n) is 19.1. The SMILES string of the molecule is CC1(C)C(NC(=O)c2cnc(-c3ccc(Br)cn3)nc2)C(C)(C)C1Oc1ccc(C#N)c(Cl)c1. The highest BCUT2D eigenvalue weighted by molar-refractivity contribution is 9.10. The van der Waals surface area contributed by atoms with Crippen LogP contribution in [0.3, 0.4) is 0 Å². The number of nitriles is 1. The molecule has 2 heterocycles. The van der Waals surface area contributed by atoms with Crippen LogP contribution in [0.25, 0.3) is 11.5 Å². The molecule has 34 heavy (non-hydrogen) atoms. The minimum atomic E-state index is -0.359. The number of pyridine rings is 1. The van der Waals surface area contributed by atoms with E-state index in [4.69, 9.17) is 21.6 Å². The van der Waals surface area contributed by atoms with Crippen molar-refractivity contribution in [1.82, 2.24) is 20.3 Å². The van der Waals surface area contributed by atoms with Crippen LogP contribution in [0.5, 0.6) is 5.75 Å². The summed E-state index contributed by atoms with van der Waals surface area (Å²) >= 11 is 9.51. The summed E-state index contributed by atoms with van der Waals surface area (Å²) in [6.07, 6.45) is 4.50. The number of amides is 1. The van der Waals surface area contributed by atoms with Gasteiger partial charge >= 0.3 is 0 Å². The molecule has 1 aromatic carbocycles. The molecule has 1 aliphatic rings. The number of benzene rings is 1. The van der Waals surface area contributed by atoms with E-state index in [2.05, 4.69) is 63.9 Å². The summed E-state index contributed by atoms with van der Waals surface area (Å²) in [6, 6.07) is 10.6. The van der Waals surface area contributed by atoms with E-state index in [9.17, 15) is 4.79 Å². The van der Waals surface area contributed by atoms with Gasteiger partial charge in [-0.1, -0.05) is 39.3 Å². The summed E-state index contributed by atoms with van der Waals surface area (Å²) in [6.45, 7) is 8.21. The molecule has 0 bridgehead atoms. The Hall–Kier alpha value is -3.02. The first-order valence-electron chi connectivity index (χ1n) is 10.6. The Kier molecular flexibility index (Phi) is 6.36. The molecule has 174 valence electrons. The molecule has 0 spiro atoms. The average Bonchev–Trinajstić information content (AvgIpc) is 2.81. The Bertz CT molecular complexity index is 1250. The molecule has 2 aromatic heterocycles. The smallest absolute Gasteiger partial charge is 0.254 e. The zero-order chi connectivity index (χ0) is 24.7. The lowest BCUT2D eigenvalue weighted by atomic mass is 9.49. The molecular weight excluding hydrogens is 518 g/mol. The third-order valence-electron chi connectivity index (χ3n) is 6.30. The van der Waals surface area contributed by atoms with Gasteiger partial charge in [-0.2, -0.15) is 5.26 Å². The van der Waals surface area contributed by atoms with Crippen LogP contribution >= 0.6 is 27.5 Å². The second-order valence-corrected chi connectivity index (χ2v) is 10.8. The van der Waals surface area contributed by atoms with Gasteiger partial charge in [0.2, 0.25) is 0 Å². The molecule has 0 atom stereocenters. The second kappa shape index (κ2) is 8.97. The molecule has 7 nitrogen and oxygen atoms in total. The van der Waals surface area contributed by atoms with Crippen molar-refractivity contribution in [2.75, 3.05) is 0 Å². The lowest BCUT2D eigenvalue weighted by molar-refractivity contribution is -0.164. The topological polar surface area (TPSA) is 101 Å². The first kappa shape index (κ1) is 24.1. The fraction of sp³-hybridized carbons (Fsp3) is 0.320. The molecule has 0 saturated heterocycles. The van der Waals surface area contributed by atoms with Crippen LogP contribution < -0.4 is 10.1 Å². The fourth-order valence-electron chi connectivity index (χ4n) is 4.90. The Morgan fingerprint density at radius 2 is 1.76 bits per heavy atom. The van der Waals surface area contributed by atoms with Crippen LogP contribution in [0.15, 0.2) is 53.4 Å². The summed E-state index contributed by atoms with van der Waals surface area (Å²) in [5.41, 5.74) is 0.675. The van der Waals surface area contributed by atoms with Gasteiger partial charge in [-0.15, -0.1) is 0 Å². The van der Waals surface area contributed by atoms with Gasteiger partial charge in [0.25, 0.3) is 5.91 Å². The van der Waals surface area contributed by atoms with Gasteiger partial charge in [0.15, 0.2) is 5.82 Å². The van der Waals surface area contributed by atoms with Gasteiger partial charge in [0.1, 0.15) is 23.6 Å². The van der Waals surface area contributed by atoms with Crippen LogP contribution in [0.1, 0.15) is 43.6 Å². The Labute approximate surface area is 211 Å². The van der Waals surface area contributed by atoms with Crippen molar-refractivity contribution in [3.8, 4) is 23.3 Å². The second-order valence-electron chi connectivity index (χ2n) is 9.46. The predicted octanol–water partition coefficient (Wildman–Crippen LogP) is 5.44. The first-order chi connectivity index (χ1) is 16.0. The molecule has 4 rings (SSSR count). The van der Waals surface area contributed by atoms with Crippen LogP contribution in [0.4, 0.5) is 0 Å². The van der Waals surface area contributed by atoms with Gasteiger partial charge < -0.3 is 10.1 Å². The van der Waals surface area contributed by atoms with Crippen molar-refractivity contribution < 1.29 is 9.53 Å². The largest absolute Gasteiger partial charge is 0.489 e. The van der Waals surface area contributed by atoms with Gasteiger partial charge in [-0.25, -0.2) is 9.97 Å². The Balaban J connectivity index is 1.46. The number of carbonyl (C=O) groups is 1. The van der Waals surface area contributed by atoms with E-state index in [-0.39, 0.29) is 28.9 Å². The van der Waals surface area contributed by atoms with Crippen molar-refractivity contribution >= 4 is 33.4 Å². The van der Waals surface area contributed by atoms with E-state index < -0.39 is 0 Å². The lowest BCUT2D eigenvalue weighted by Gasteiger charge is -2.63. The summed E-state index contributed by atoms with van der Waals surface area (Å²) < 4.78 is 7.14. The predicted molar refractivity (Wildman–Crippen MR) is 132 cm³/mol. The maximum absolute atomic E-state index is 13.0. The standard InChI is InChI=1S/C25H23BrClN5O2/c1-24(2)22(25(3,4)23(24)34-17-7-5-14(10-28)18(27)9-17)32-21(33)15-11-30-20(31-12-15)19-8-6-16(26)13-29-19/h5-9,11-13,22-23H,1-4H3,(H,32,33). The van der Waals surface area contributed by atoms with E-state index >= 15 is 0 Å². The van der Waals surface area contributed by atoms with Gasteiger partial charge in [0, 0.05) is 46.0 Å². The molecule has 1 amide bonds. The minimum Gasteiger partial charge on any atom is -0.489 e. The molecule has 1 fully saturated rings. The number of hydrogen-bond donors (Lipinski definition) is 1. The maximum Gasteiger partial charge on any atom is 0.254 e. The van der Waals surface area contributed by atoms with E-state index in [1.165, 1.54) is 12.4 Å². The summed E-state index contributed by atoms with van der Waals surface area (Å²) in [5.74, 6) is 0.787. The number of ether oxygens (including phenoxy) is 1. The Morgan fingerprint density at radius 1 is 1.09 bits per heavy atom. The zero-order valence-corrected chi connectivity index (χ0v) is 21.5. The quantitative estimate of drug-likeness (QED) is 0.463. The van der Waals surface area contributed by atoms with Crippen molar-refractivity contribution in [3.05, 3.63) is 69.5 Å². The number of rotatable bonds is 5. The number of aromatic nitrogens is 3. The number of nitrogens with one attached hydrogen (secondary N) is 1. The minimum absolute atomic E-state index is 0.154. The highest BCUT2D eigenvalue weighted by Crippen LogP contribution is 2.55. The van der Waals surface area contributed by atoms with Crippen LogP contribution in [-0.4, -0.2) is 33.0 Å². The van der Waals surface area contributed by atoms with Gasteiger partial charge in [-0.3, -0.25) is 9.78 Å².